The number of oxazole rings is 1. The van der Waals surface area contributed by atoms with E-state index in [1.807, 2.05) is 60.0 Å². The van der Waals surface area contributed by atoms with Gasteiger partial charge in [-0.3, -0.25) is 4.57 Å². The molecule has 0 aliphatic heterocycles. The van der Waals surface area contributed by atoms with E-state index in [0.29, 0.717) is 11.6 Å². The quantitative estimate of drug-likeness (QED) is 0.445. The van der Waals surface area contributed by atoms with E-state index in [1.54, 1.807) is 24.4 Å². The van der Waals surface area contributed by atoms with Gasteiger partial charge in [0.1, 0.15) is 12.6 Å². The molecule has 0 saturated carbocycles. The molecule has 0 bridgehead atoms. The van der Waals surface area contributed by atoms with Gasteiger partial charge in [-0.25, -0.2) is 4.98 Å². The zero-order valence-electron chi connectivity index (χ0n) is 14.0. The summed E-state index contributed by atoms with van der Waals surface area (Å²) in [5.74, 6) is 1.25. The Labute approximate surface area is 160 Å². The average Bonchev–Trinajstić information content (AvgIpc) is 3.32. The molecule has 0 fully saturated rings. The normalized spacial score (nSPS) is 11.0. The lowest BCUT2D eigenvalue weighted by atomic mass is 10.2. The number of halogens is 1. The topological polar surface area (TPSA) is 56.7 Å². The molecule has 0 amide bonds. The van der Waals surface area contributed by atoms with E-state index in [2.05, 4.69) is 15.2 Å². The molecule has 0 aliphatic rings. The molecule has 0 N–H and O–H groups in total. The maximum atomic E-state index is 6.23. The zero-order valence-corrected chi connectivity index (χ0v) is 15.5. The molecule has 0 aliphatic carbocycles. The van der Waals surface area contributed by atoms with Crippen LogP contribution in [0.1, 0.15) is 11.3 Å². The molecule has 0 spiro atoms. The maximum absolute atomic E-state index is 6.23. The number of hydrogen-bond acceptors (Lipinski definition) is 5. The summed E-state index contributed by atoms with van der Waals surface area (Å²) in [5.41, 5.74) is 3.78. The third-order valence-corrected chi connectivity index (χ3v) is 5.26. The standard InChI is InChI=1S/C19H15ClN4OS/c1-13-7-8-16(9-17(13)20)24-12-21-23-19(24)26-11-15-10-25-18(22-15)14-5-3-2-4-6-14/h2-10,12H,11H2,1H3. The summed E-state index contributed by atoms with van der Waals surface area (Å²) in [6.07, 6.45) is 3.36. The van der Waals surface area contributed by atoms with Crippen molar-refractivity contribution in [2.75, 3.05) is 0 Å². The van der Waals surface area contributed by atoms with Crippen molar-refractivity contribution in [2.45, 2.75) is 17.8 Å². The van der Waals surface area contributed by atoms with Crippen LogP contribution >= 0.6 is 23.4 Å². The van der Waals surface area contributed by atoms with Crippen molar-refractivity contribution in [1.82, 2.24) is 19.7 Å². The van der Waals surface area contributed by atoms with Crippen LogP contribution in [0.2, 0.25) is 5.02 Å². The van der Waals surface area contributed by atoms with Crippen molar-refractivity contribution in [2.24, 2.45) is 0 Å². The predicted molar refractivity (Wildman–Crippen MR) is 103 cm³/mol. The molecule has 4 aromatic rings. The predicted octanol–water partition coefficient (Wildman–Crippen LogP) is 5.18. The van der Waals surface area contributed by atoms with Crippen LogP contribution in [0.15, 0.2) is 70.7 Å². The van der Waals surface area contributed by atoms with E-state index >= 15 is 0 Å². The number of aryl methyl sites for hydroxylation is 1. The van der Waals surface area contributed by atoms with Crippen molar-refractivity contribution in [3.8, 4) is 17.1 Å². The van der Waals surface area contributed by atoms with Crippen LogP contribution in [-0.2, 0) is 5.75 Å². The van der Waals surface area contributed by atoms with E-state index < -0.39 is 0 Å². The Morgan fingerprint density at radius 1 is 1.15 bits per heavy atom. The number of rotatable bonds is 5. The van der Waals surface area contributed by atoms with Crippen molar-refractivity contribution < 1.29 is 4.42 Å². The van der Waals surface area contributed by atoms with Gasteiger partial charge < -0.3 is 4.42 Å². The Hall–Kier alpha value is -2.57. The number of nitrogens with zero attached hydrogens (tertiary/aromatic N) is 4. The van der Waals surface area contributed by atoms with Gasteiger partial charge in [-0.05, 0) is 36.8 Å². The molecule has 0 radical (unpaired) electrons. The Kier molecular flexibility index (Phi) is 4.77. The molecule has 5 nitrogen and oxygen atoms in total. The molecular weight excluding hydrogens is 368 g/mol. The van der Waals surface area contributed by atoms with Crippen LogP contribution < -0.4 is 0 Å². The average molecular weight is 383 g/mol. The van der Waals surface area contributed by atoms with Crippen LogP contribution in [-0.4, -0.2) is 19.7 Å². The number of thioether (sulfide) groups is 1. The Bertz CT molecular complexity index is 1030. The van der Waals surface area contributed by atoms with Gasteiger partial charge in [0.15, 0.2) is 5.16 Å². The fourth-order valence-corrected chi connectivity index (χ4v) is 3.44. The summed E-state index contributed by atoms with van der Waals surface area (Å²) in [7, 11) is 0. The smallest absolute Gasteiger partial charge is 0.226 e. The van der Waals surface area contributed by atoms with Crippen molar-refractivity contribution in [1.29, 1.82) is 0 Å². The highest BCUT2D eigenvalue weighted by atomic mass is 35.5. The van der Waals surface area contributed by atoms with Gasteiger partial charge in [0.25, 0.3) is 0 Å². The number of aromatic nitrogens is 4. The van der Waals surface area contributed by atoms with Crippen molar-refractivity contribution >= 4 is 23.4 Å². The fraction of sp³-hybridized carbons (Fsp3) is 0.105. The van der Waals surface area contributed by atoms with E-state index in [4.69, 9.17) is 16.0 Å². The number of benzene rings is 2. The molecule has 2 aromatic carbocycles. The summed E-state index contributed by atoms with van der Waals surface area (Å²) in [6, 6.07) is 15.7. The molecule has 2 heterocycles. The summed E-state index contributed by atoms with van der Waals surface area (Å²) in [4.78, 5) is 4.54. The fourth-order valence-electron chi connectivity index (χ4n) is 2.46. The minimum absolute atomic E-state index is 0.619. The van der Waals surface area contributed by atoms with Gasteiger partial charge in [0, 0.05) is 16.3 Å². The minimum Gasteiger partial charge on any atom is -0.444 e. The van der Waals surface area contributed by atoms with E-state index in [-0.39, 0.29) is 0 Å². The zero-order chi connectivity index (χ0) is 17.9. The second-order valence-electron chi connectivity index (χ2n) is 5.72. The van der Waals surface area contributed by atoms with E-state index in [0.717, 1.165) is 32.7 Å². The second-order valence-corrected chi connectivity index (χ2v) is 7.07. The third-order valence-electron chi connectivity index (χ3n) is 3.87. The largest absolute Gasteiger partial charge is 0.444 e. The monoisotopic (exact) mass is 382 g/mol. The Balaban J connectivity index is 1.50. The molecule has 0 unspecified atom stereocenters. The summed E-state index contributed by atoms with van der Waals surface area (Å²) in [6.45, 7) is 1.98. The SMILES string of the molecule is Cc1ccc(-n2cnnc2SCc2coc(-c3ccccc3)n2)cc1Cl. The highest BCUT2D eigenvalue weighted by Gasteiger charge is 2.11. The van der Waals surface area contributed by atoms with Crippen LogP contribution in [0, 0.1) is 6.92 Å². The van der Waals surface area contributed by atoms with Crippen LogP contribution in [0.4, 0.5) is 0 Å². The molecule has 0 saturated heterocycles. The lowest BCUT2D eigenvalue weighted by molar-refractivity contribution is 0.573. The first-order valence-corrected chi connectivity index (χ1v) is 9.36. The van der Waals surface area contributed by atoms with Gasteiger partial charge in [-0.1, -0.05) is 47.6 Å². The third kappa shape index (κ3) is 3.52. The lowest BCUT2D eigenvalue weighted by Crippen LogP contribution is -1.96. The first-order valence-electron chi connectivity index (χ1n) is 8.00. The van der Waals surface area contributed by atoms with Crippen molar-refractivity contribution in [3.63, 3.8) is 0 Å². The van der Waals surface area contributed by atoms with Crippen LogP contribution in [0.25, 0.3) is 17.1 Å². The van der Waals surface area contributed by atoms with Gasteiger partial charge in [0.2, 0.25) is 5.89 Å². The van der Waals surface area contributed by atoms with E-state index in [9.17, 15) is 0 Å². The van der Waals surface area contributed by atoms with Crippen LogP contribution in [0.3, 0.4) is 0 Å². The summed E-state index contributed by atoms with van der Waals surface area (Å²) >= 11 is 7.78. The molecule has 26 heavy (non-hydrogen) atoms. The molecule has 130 valence electrons. The molecule has 2 aromatic heterocycles. The first kappa shape index (κ1) is 16.9. The Morgan fingerprint density at radius 2 is 2.00 bits per heavy atom. The molecule has 0 atom stereocenters. The van der Waals surface area contributed by atoms with Gasteiger partial charge in [-0.15, -0.1) is 10.2 Å². The highest BCUT2D eigenvalue weighted by molar-refractivity contribution is 7.98. The Morgan fingerprint density at radius 3 is 2.81 bits per heavy atom. The van der Waals surface area contributed by atoms with Gasteiger partial charge in [0.05, 0.1) is 11.4 Å². The summed E-state index contributed by atoms with van der Waals surface area (Å²) < 4.78 is 7.49. The van der Waals surface area contributed by atoms with Crippen LogP contribution in [0.5, 0.6) is 0 Å². The highest BCUT2D eigenvalue weighted by Crippen LogP contribution is 2.27. The van der Waals surface area contributed by atoms with Gasteiger partial charge in [-0.2, -0.15) is 0 Å². The molecular formula is C19H15ClN4OS. The number of hydrogen-bond donors (Lipinski definition) is 0. The van der Waals surface area contributed by atoms with E-state index in [1.165, 1.54) is 0 Å². The van der Waals surface area contributed by atoms with Gasteiger partial charge >= 0.3 is 0 Å². The minimum atomic E-state index is 0.619. The molecule has 7 heteroatoms. The van der Waals surface area contributed by atoms with Crippen molar-refractivity contribution in [3.05, 3.63) is 77.4 Å². The lowest BCUT2D eigenvalue weighted by Gasteiger charge is -2.07. The summed E-state index contributed by atoms with van der Waals surface area (Å²) in [5, 5.41) is 9.71. The maximum Gasteiger partial charge on any atom is 0.226 e. The first-order chi connectivity index (χ1) is 12.7. The second kappa shape index (κ2) is 7.35. The molecule has 4 rings (SSSR count).